The highest BCUT2D eigenvalue weighted by Gasteiger charge is 2.17. The molecule has 18 heavy (non-hydrogen) atoms. The maximum Gasteiger partial charge on any atom is 0.295 e. The lowest BCUT2D eigenvalue weighted by Crippen LogP contribution is -2.02. The number of rotatable bonds is 4. The van der Waals surface area contributed by atoms with E-state index in [4.69, 9.17) is 11.6 Å². The fourth-order valence-corrected chi connectivity index (χ4v) is 2.04. The Kier molecular flexibility index (Phi) is 3.73. The Balaban J connectivity index is 2.25. The van der Waals surface area contributed by atoms with E-state index in [0.29, 0.717) is 6.54 Å². The van der Waals surface area contributed by atoms with E-state index >= 15 is 0 Å². The average molecular weight is 288 g/mol. The summed E-state index contributed by atoms with van der Waals surface area (Å²) >= 11 is 7.02. The fourth-order valence-electron chi connectivity index (χ4n) is 1.34. The normalized spacial score (nSPS) is 10.3. The van der Waals surface area contributed by atoms with Crippen LogP contribution in [-0.2, 0) is 6.54 Å². The van der Waals surface area contributed by atoms with Gasteiger partial charge in [0.25, 0.3) is 5.69 Å². The Bertz CT molecular complexity index is 577. The summed E-state index contributed by atoms with van der Waals surface area (Å²) in [5, 5.41) is 13.5. The van der Waals surface area contributed by atoms with Crippen molar-refractivity contribution < 1.29 is 9.31 Å². The Morgan fingerprint density at radius 2 is 2.33 bits per heavy atom. The first kappa shape index (κ1) is 12.7. The smallest absolute Gasteiger partial charge is 0.295 e. The molecule has 2 rings (SSSR count). The quantitative estimate of drug-likeness (QED) is 0.691. The molecule has 8 heteroatoms. The van der Waals surface area contributed by atoms with Gasteiger partial charge in [0.05, 0.1) is 28.1 Å². The van der Waals surface area contributed by atoms with Gasteiger partial charge in [-0.2, -0.15) is 0 Å². The molecule has 0 spiro atoms. The lowest BCUT2D eigenvalue weighted by molar-refractivity contribution is -0.384. The van der Waals surface area contributed by atoms with Crippen molar-refractivity contribution in [2.24, 2.45) is 0 Å². The number of anilines is 1. The molecule has 1 aromatic carbocycles. The van der Waals surface area contributed by atoms with Crippen LogP contribution in [0.25, 0.3) is 0 Å². The highest BCUT2D eigenvalue weighted by atomic mass is 35.5. The second-order valence-corrected chi connectivity index (χ2v) is 4.74. The van der Waals surface area contributed by atoms with Gasteiger partial charge in [-0.25, -0.2) is 4.39 Å². The maximum absolute atomic E-state index is 13.2. The van der Waals surface area contributed by atoms with Gasteiger partial charge in [0.15, 0.2) is 0 Å². The summed E-state index contributed by atoms with van der Waals surface area (Å²) in [5.41, 5.74) is 1.49. The van der Waals surface area contributed by atoms with E-state index < -0.39 is 10.7 Å². The van der Waals surface area contributed by atoms with Gasteiger partial charge >= 0.3 is 0 Å². The van der Waals surface area contributed by atoms with Gasteiger partial charge < -0.3 is 5.32 Å². The number of thiazole rings is 1. The Morgan fingerprint density at radius 3 is 2.94 bits per heavy atom. The third-order valence-electron chi connectivity index (χ3n) is 2.17. The molecule has 5 nitrogen and oxygen atoms in total. The molecule has 0 atom stereocenters. The number of hydrogen-bond acceptors (Lipinski definition) is 5. The summed E-state index contributed by atoms with van der Waals surface area (Å²) in [4.78, 5) is 14.9. The molecule has 0 unspecified atom stereocenters. The highest BCUT2D eigenvalue weighted by Crippen LogP contribution is 2.30. The number of nitrogens with one attached hydrogen (secondary N) is 1. The van der Waals surface area contributed by atoms with Crippen LogP contribution < -0.4 is 5.32 Å². The van der Waals surface area contributed by atoms with Gasteiger partial charge in [-0.1, -0.05) is 11.6 Å². The van der Waals surface area contributed by atoms with E-state index in [1.807, 2.05) is 0 Å². The molecular formula is C10H7ClFN3O2S. The van der Waals surface area contributed by atoms with Crippen molar-refractivity contribution in [1.82, 2.24) is 4.98 Å². The van der Waals surface area contributed by atoms with Gasteiger partial charge in [0.2, 0.25) is 0 Å². The van der Waals surface area contributed by atoms with Gasteiger partial charge in [-0.05, 0) is 6.07 Å². The zero-order valence-electron chi connectivity index (χ0n) is 8.89. The molecule has 0 saturated carbocycles. The zero-order chi connectivity index (χ0) is 13.1. The Labute approximate surface area is 110 Å². The predicted octanol–water partition coefficient (Wildman–Crippen LogP) is 3.46. The predicted molar refractivity (Wildman–Crippen MR) is 67.5 cm³/mol. The summed E-state index contributed by atoms with van der Waals surface area (Å²) in [6.07, 6.45) is 1.65. The van der Waals surface area contributed by atoms with Crippen LogP contribution in [0.1, 0.15) is 4.88 Å². The molecule has 1 heterocycles. The molecule has 0 aliphatic rings. The molecule has 1 aromatic heterocycles. The van der Waals surface area contributed by atoms with Gasteiger partial charge in [-0.3, -0.25) is 15.1 Å². The van der Waals surface area contributed by atoms with E-state index in [-0.39, 0.29) is 16.4 Å². The Morgan fingerprint density at radius 1 is 1.56 bits per heavy atom. The minimum absolute atomic E-state index is 0.160. The summed E-state index contributed by atoms with van der Waals surface area (Å²) in [7, 11) is 0. The number of nitro groups is 1. The van der Waals surface area contributed by atoms with E-state index in [0.717, 1.165) is 10.9 Å². The number of hydrogen-bond donors (Lipinski definition) is 1. The van der Waals surface area contributed by atoms with E-state index in [1.54, 1.807) is 11.7 Å². The van der Waals surface area contributed by atoms with E-state index in [9.17, 15) is 14.5 Å². The summed E-state index contributed by atoms with van der Waals surface area (Å²) < 4.78 is 13.2. The van der Waals surface area contributed by atoms with Gasteiger partial charge in [-0.15, -0.1) is 11.3 Å². The standard InChI is InChI=1S/C10H7ClFN3O2S/c11-7-1-9(10(15(16)17)2-8(7)12)14-4-6-3-13-5-18-6/h1-3,5,14H,4H2. The lowest BCUT2D eigenvalue weighted by Gasteiger charge is -2.06. The minimum atomic E-state index is -0.813. The van der Waals surface area contributed by atoms with Crippen molar-refractivity contribution in [3.8, 4) is 0 Å². The van der Waals surface area contributed by atoms with Gasteiger partial charge in [0, 0.05) is 11.1 Å². The number of aromatic nitrogens is 1. The van der Waals surface area contributed by atoms with Crippen molar-refractivity contribution in [3.05, 3.63) is 49.7 Å². The molecule has 94 valence electrons. The van der Waals surface area contributed by atoms with Crippen LogP contribution in [0.4, 0.5) is 15.8 Å². The lowest BCUT2D eigenvalue weighted by atomic mass is 10.2. The van der Waals surface area contributed by atoms with E-state index in [2.05, 4.69) is 10.3 Å². The minimum Gasteiger partial charge on any atom is -0.374 e. The zero-order valence-corrected chi connectivity index (χ0v) is 10.5. The van der Waals surface area contributed by atoms with Gasteiger partial charge in [0.1, 0.15) is 11.5 Å². The highest BCUT2D eigenvalue weighted by molar-refractivity contribution is 7.09. The second kappa shape index (κ2) is 5.28. The van der Waals surface area contributed by atoms with Crippen LogP contribution in [0, 0.1) is 15.9 Å². The molecule has 1 N–H and O–H groups in total. The number of nitro benzene ring substituents is 1. The topological polar surface area (TPSA) is 68.1 Å². The number of halogens is 2. The number of nitrogens with zero attached hydrogens (tertiary/aromatic N) is 2. The second-order valence-electron chi connectivity index (χ2n) is 3.36. The van der Waals surface area contributed by atoms with Crippen LogP contribution in [0.2, 0.25) is 5.02 Å². The maximum atomic E-state index is 13.2. The summed E-state index contributed by atoms with van der Waals surface area (Å²) in [6, 6.07) is 2.01. The fraction of sp³-hybridized carbons (Fsp3) is 0.100. The largest absolute Gasteiger partial charge is 0.374 e. The van der Waals surface area contributed by atoms with E-state index in [1.165, 1.54) is 17.4 Å². The van der Waals surface area contributed by atoms with Crippen LogP contribution in [0.5, 0.6) is 0 Å². The van der Waals surface area contributed by atoms with Crippen molar-refractivity contribution in [2.75, 3.05) is 5.32 Å². The first-order valence-corrected chi connectivity index (χ1v) is 6.08. The summed E-state index contributed by atoms with van der Waals surface area (Å²) in [6.45, 7) is 0.369. The van der Waals surface area contributed by atoms with Crippen LogP contribution in [0.15, 0.2) is 23.8 Å². The molecule has 2 aromatic rings. The third-order valence-corrected chi connectivity index (χ3v) is 3.24. The molecule has 0 amide bonds. The van der Waals surface area contributed by atoms with Crippen LogP contribution >= 0.6 is 22.9 Å². The van der Waals surface area contributed by atoms with Crippen molar-refractivity contribution in [2.45, 2.75) is 6.54 Å². The van der Waals surface area contributed by atoms with Crippen LogP contribution in [-0.4, -0.2) is 9.91 Å². The SMILES string of the molecule is O=[N+]([O-])c1cc(F)c(Cl)cc1NCc1cncs1. The first-order valence-electron chi connectivity index (χ1n) is 4.82. The van der Waals surface area contributed by atoms with Crippen LogP contribution in [0.3, 0.4) is 0 Å². The third kappa shape index (κ3) is 2.74. The summed E-state index contributed by atoms with van der Waals surface area (Å²) in [5.74, 6) is -0.813. The molecule has 0 bridgehead atoms. The molecular weight excluding hydrogens is 281 g/mol. The molecule has 0 aliphatic carbocycles. The Hall–Kier alpha value is -1.73. The monoisotopic (exact) mass is 287 g/mol. The molecule has 0 radical (unpaired) electrons. The van der Waals surface area contributed by atoms with Crippen molar-refractivity contribution in [3.63, 3.8) is 0 Å². The molecule has 0 fully saturated rings. The van der Waals surface area contributed by atoms with Crippen molar-refractivity contribution in [1.29, 1.82) is 0 Å². The molecule has 0 aliphatic heterocycles. The average Bonchev–Trinajstić information content (AvgIpc) is 2.83. The number of benzene rings is 1. The first-order chi connectivity index (χ1) is 8.58. The molecule has 0 saturated heterocycles. The van der Waals surface area contributed by atoms with Crippen molar-refractivity contribution >= 4 is 34.3 Å².